The first-order valence-corrected chi connectivity index (χ1v) is 4.37. The van der Waals surface area contributed by atoms with Gasteiger partial charge in [0.2, 0.25) is 5.91 Å². The molecule has 0 spiro atoms. The Labute approximate surface area is 74.2 Å². The summed E-state index contributed by atoms with van der Waals surface area (Å²) in [5.41, 5.74) is 0. The lowest BCUT2D eigenvalue weighted by Gasteiger charge is -2.13. The van der Waals surface area contributed by atoms with Crippen LogP contribution in [0.15, 0.2) is 12.7 Å². The standard InChI is InChI=1S/C9H18N2O/c1-4-6-7-10-8(3)11-9(12)5-2/h5,8,10H,2,4,6-7H2,1,3H3,(H,11,12). The SMILES string of the molecule is C=CC(=O)NC(C)NCCCC. The van der Waals surface area contributed by atoms with E-state index in [1.807, 2.05) is 6.92 Å². The molecule has 0 fully saturated rings. The van der Waals surface area contributed by atoms with Crippen LogP contribution in [0.5, 0.6) is 0 Å². The van der Waals surface area contributed by atoms with Gasteiger partial charge in [-0.05, 0) is 26.0 Å². The van der Waals surface area contributed by atoms with Gasteiger partial charge in [0, 0.05) is 0 Å². The first-order valence-electron chi connectivity index (χ1n) is 4.37. The minimum atomic E-state index is -0.133. The van der Waals surface area contributed by atoms with Gasteiger partial charge >= 0.3 is 0 Å². The third-order valence-corrected chi connectivity index (χ3v) is 1.53. The largest absolute Gasteiger partial charge is 0.338 e. The molecular weight excluding hydrogens is 152 g/mol. The normalized spacial score (nSPS) is 12.2. The van der Waals surface area contributed by atoms with Crippen LogP contribution in [0, 0.1) is 0 Å². The summed E-state index contributed by atoms with van der Waals surface area (Å²) in [7, 11) is 0. The minimum absolute atomic E-state index is 0.0297. The summed E-state index contributed by atoms with van der Waals surface area (Å²) in [5, 5.41) is 5.89. The maximum atomic E-state index is 10.8. The van der Waals surface area contributed by atoms with Crippen LogP contribution in [0.4, 0.5) is 0 Å². The number of hydrogen-bond donors (Lipinski definition) is 2. The van der Waals surface area contributed by atoms with Crippen molar-refractivity contribution in [2.45, 2.75) is 32.9 Å². The van der Waals surface area contributed by atoms with Crippen molar-refractivity contribution in [3.05, 3.63) is 12.7 Å². The van der Waals surface area contributed by atoms with E-state index in [4.69, 9.17) is 0 Å². The Balaban J connectivity index is 3.38. The van der Waals surface area contributed by atoms with Gasteiger partial charge in [0.05, 0.1) is 6.17 Å². The van der Waals surface area contributed by atoms with Crippen molar-refractivity contribution in [1.82, 2.24) is 10.6 Å². The van der Waals surface area contributed by atoms with Crippen molar-refractivity contribution in [3.63, 3.8) is 0 Å². The maximum absolute atomic E-state index is 10.8. The number of unbranched alkanes of at least 4 members (excludes halogenated alkanes) is 1. The van der Waals surface area contributed by atoms with Gasteiger partial charge in [0.1, 0.15) is 0 Å². The molecule has 0 aromatic carbocycles. The number of hydrogen-bond acceptors (Lipinski definition) is 2. The average Bonchev–Trinajstić information content (AvgIpc) is 2.05. The lowest BCUT2D eigenvalue weighted by atomic mass is 10.3. The zero-order chi connectivity index (χ0) is 9.40. The molecule has 1 amide bonds. The zero-order valence-electron chi connectivity index (χ0n) is 7.89. The first kappa shape index (κ1) is 11.2. The highest BCUT2D eigenvalue weighted by molar-refractivity contribution is 5.86. The molecule has 1 atom stereocenters. The second-order valence-electron chi connectivity index (χ2n) is 2.74. The third-order valence-electron chi connectivity index (χ3n) is 1.53. The monoisotopic (exact) mass is 170 g/mol. The smallest absolute Gasteiger partial charge is 0.244 e. The Morgan fingerprint density at radius 1 is 1.67 bits per heavy atom. The molecule has 0 heterocycles. The fourth-order valence-electron chi connectivity index (χ4n) is 0.819. The summed E-state index contributed by atoms with van der Waals surface area (Å²) in [5.74, 6) is -0.133. The van der Waals surface area contributed by atoms with Gasteiger partial charge < -0.3 is 5.32 Å². The summed E-state index contributed by atoms with van der Waals surface area (Å²) < 4.78 is 0. The molecule has 12 heavy (non-hydrogen) atoms. The molecule has 3 heteroatoms. The molecule has 2 N–H and O–H groups in total. The minimum Gasteiger partial charge on any atom is -0.338 e. The van der Waals surface area contributed by atoms with Crippen LogP contribution in [0.1, 0.15) is 26.7 Å². The molecule has 0 aliphatic heterocycles. The molecule has 0 aromatic rings. The zero-order valence-corrected chi connectivity index (χ0v) is 7.89. The van der Waals surface area contributed by atoms with E-state index in [1.54, 1.807) is 0 Å². The Hall–Kier alpha value is -0.830. The van der Waals surface area contributed by atoms with Crippen molar-refractivity contribution in [2.24, 2.45) is 0 Å². The lowest BCUT2D eigenvalue weighted by molar-refractivity contribution is -0.117. The van der Waals surface area contributed by atoms with Gasteiger partial charge in [0.25, 0.3) is 0 Å². The highest BCUT2D eigenvalue weighted by Gasteiger charge is 2.00. The average molecular weight is 170 g/mol. The second-order valence-corrected chi connectivity index (χ2v) is 2.74. The number of amides is 1. The molecule has 0 bridgehead atoms. The van der Waals surface area contributed by atoms with E-state index < -0.39 is 0 Å². The van der Waals surface area contributed by atoms with Gasteiger partial charge in [-0.15, -0.1) is 0 Å². The van der Waals surface area contributed by atoms with E-state index >= 15 is 0 Å². The van der Waals surface area contributed by atoms with Crippen molar-refractivity contribution in [2.75, 3.05) is 6.54 Å². The molecule has 0 saturated carbocycles. The number of carbonyl (C=O) groups is 1. The van der Waals surface area contributed by atoms with Crippen LogP contribution >= 0.6 is 0 Å². The van der Waals surface area contributed by atoms with Gasteiger partial charge in [-0.3, -0.25) is 10.1 Å². The number of nitrogens with one attached hydrogen (secondary N) is 2. The van der Waals surface area contributed by atoms with Crippen molar-refractivity contribution < 1.29 is 4.79 Å². The van der Waals surface area contributed by atoms with E-state index in [1.165, 1.54) is 6.08 Å². The van der Waals surface area contributed by atoms with E-state index in [0.717, 1.165) is 19.4 Å². The van der Waals surface area contributed by atoms with Crippen LogP contribution < -0.4 is 10.6 Å². The molecule has 0 saturated heterocycles. The fourth-order valence-corrected chi connectivity index (χ4v) is 0.819. The van der Waals surface area contributed by atoms with Crippen LogP contribution in [0.25, 0.3) is 0 Å². The molecule has 0 aliphatic rings. The summed E-state index contributed by atoms with van der Waals surface area (Å²) >= 11 is 0. The Kier molecular flexibility index (Phi) is 6.38. The highest BCUT2D eigenvalue weighted by Crippen LogP contribution is 1.84. The second kappa shape index (κ2) is 6.85. The van der Waals surface area contributed by atoms with Crippen LogP contribution in [-0.4, -0.2) is 18.6 Å². The van der Waals surface area contributed by atoms with E-state index in [2.05, 4.69) is 24.1 Å². The summed E-state index contributed by atoms with van der Waals surface area (Å²) in [6.45, 7) is 8.36. The van der Waals surface area contributed by atoms with Crippen molar-refractivity contribution in [3.8, 4) is 0 Å². The maximum Gasteiger partial charge on any atom is 0.244 e. The molecule has 0 radical (unpaired) electrons. The molecule has 1 unspecified atom stereocenters. The topological polar surface area (TPSA) is 41.1 Å². The fraction of sp³-hybridized carbons (Fsp3) is 0.667. The predicted molar refractivity (Wildman–Crippen MR) is 50.7 cm³/mol. The molecule has 0 aromatic heterocycles. The molecule has 3 nitrogen and oxygen atoms in total. The summed E-state index contributed by atoms with van der Waals surface area (Å²) in [4.78, 5) is 10.8. The van der Waals surface area contributed by atoms with Gasteiger partial charge in [-0.25, -0.2) is 0 Å². The van der Waals surface area contributed by atoms with Crippen LogP contribution in [0.2, 0.25) is 0 Å². The Morgan fingerprint density at radius 2 is 2.33 bits per heavy atom. The van der Waals surface area contributed by atoms with Gasteiger partial charge in [0.15, 0.2) is 0 Å². The molecule has 0 aliphatic carbocycles. The Bertz CT molecular complexity index is 145. The Morgan fingerprint density at radius 3 is 2.83 bits per heavy atom. The number of rotatable bonds is 6. The number of carbonyl (C=O) groups excluding carboxylic acids is 1. The third kappa shape index (κ3) is 5.92. The summed E-state index contributed by atoms with van der Waals surface area (Å²) in [6.07, 6.45) is 3.60. The molecule has 70 valence electrons. The lowest BCUT2D eigenvalue weighted by Crippen LogP contribution is -2.42. The van der Waals surface area contributed by atoms with Crippen molar-refractivity contribution in [1.29, 1.82) is 0 Å². The van der Waals surface area contributed by atoms with E-state index in [9.17, 15) is 4.79 Å². The summed E-state index contributed by atoms with van der Waals surface area (Å²) in [6, 6.07) is 0. The van der Waals surface area contributed by atoms with E-state index in [-0.39, 0.29) is 12.1 Å². The van der Waals surface area contributed by atoms with E-state index in [0.29, 0.717) is 0 Å². The molecule has 0 rings (SSSR count). The van der Waals surface area contributed by atoms with Crippen LogP contribution in [-0.2, 0) is 4.79 Å². The van der Waals surface area contributed by atoms with Crippen molar-refractivity contribution >= 4 is 5.91 Å². The van der Waals surface area contributed by atoms with Gasteiger partial charge in [-0.2, -0.15) is 0 Å². The highest BCUT2D eigenvalue weighted by atomic mass is 16.1. The predicted octanol–water partition coefficient (Wildman–Crippen LogP) is 1.02. The quantitative estimate of drug-likeness (QED) is 0.355. The van der Waals surface area contributed by atoms with Crippen LogP contribution in [0.3, 0.4) is 0 Å². The van der Waals surface area contributed by atoms with Gasteiger partial charge in [-0.1, -0.05) is 19.9 Å². The first-order chi connectivity index (χ1) is 5.70. The molecular formula is C9H18N2O.